The van der Waals surface area contributed by atoms with Crippen LogP contribution in [0.15, 0.2) is 22.8 Å². The van der Waals surface area contributed by atoms with E-state index in [0.29, 0.717) is 41.3 Å². The van der Waals surface area contributed by atoms with Gasteiger partial charge in [0.15, 0.2) is 11.3 Å². The number of likely N-dealkylation sites (tertiary alicyclic amines) is 1. The summed E-state index contributed by atoms with van der Waals surface area (Å²) in [6.07, 6.45) is 3.59. The standard InChI is InChI=1S/C22H27NO5/c1-22(2,3)28-21(25)23-12-10-15(11-13-23)6-5-7-17-19(26-4)9-8-16-18(24)14-27-20(16)17/h8-9,14-15,24H,6,10-13H2,1-4H3. The molecule has 0 spiro atoms. The number of carbonyl (C=O) groups is 1. The number of hydrogen-bond donors (Lipinski definition) is 1. The summed E-state index contributed by atoms with van der Waals surface area (Å²) in [5.74, 6) is 7.52. The van der Waals surface area contributed by atoms with E-state index in [1.807, 2.05) is 20.8 Å². The zero-order chi connectivity index (χ0) is 20.3. The number of nitrogens with zero attached hydrogens (tertiary/aromatic N) is 1. The highest BCUT2D eigenvalue weighted by Crippen LogP contribution is 2.34. The van der Waals surface area contributed by atoms with Gasteiger partial charge in [0.2, 0.25) is 0 Å². The average Bonchev–Trinajstić information content (AvgIpc) is 3.02. The van der Waals surface area contributed by atoms with Gasteiger partial charge in [0.05, 0.1) is 12.5 Å². The van der Waals surface area contributed by atoms with Crippen LogP contribution >= 0.6 is 0 Å². The van der Waals surface area contributed by atoms with Crippen molar-refractivity contribution < 1.29 is 23.8 Å². The van der Waals surface area contributed by atoms with Gasteiger partial charge < -0.3 is 23.9 Å². The number of rotatable bonds is 2. The number of aromatic hydroxyl groups is 1. The Morgan fingerprint density at radius 1 is 1.32 bits per heavy atom. The van der Waals surface area contributed by atoms with Crippen molar-refractivity contribution in [2.24, 2.45) is 5.92 Å². The first kappa shape index (κ1) is 19.9. The lowest BCUT2D eigenvalue weighted by Gasteiger charge is -2.32. The largest absolute Gasteiger partial charge is 0.504 e. The predicted molar refractivity (Wildman–Crippen MR) is 106 cm³/mol. The molecule has 1 amide bonds. The van der Waals surface area contributed by atoms with Gasteiger partial charge in [-0.25, -0.2) is 4.79 Å². The second kappa shape index (κ2) is 8.05. The fourth-order valence-corrected chi connectivity index (χ4v) is 3.29. The number of furan rings is 1. The second-order valence-electron chi connectivity index (χ2n) is 8.06. The Morgan fingerprint density at radius 3 is 2.68 bits per heavy atom. The minimum absolute atomic E-state index is 0.0928. The van der Waals surface area contributed by atoms with Gasteiger partial charge in [-0.1, -0.05) is 11.8 Å². The van der Waals surface area contributed by atoms with E-state index in [4.69, 9.17) is 13.9 Å². The van der Waals surface area contributed by atoms with Gasteiger partial charge in [0.1, 0.15) is 23.2 Å². The number of amides is 1. The minimum atomic E-state index is -0.472. The Balaban J connectivity index is 1.62. The van der Waals surface area contributed by atoms with Crippen LogP contribution in [0.4, 0.5) is 4.79 Å². The van der Waals surface area contributed by atoms with Gasteiger partial charge in [-0.3, -0.25) is 0 Å². The Kier molecular flexibility index (Phi) is 5.73. The van der Waals surface area contributed by atoms with Crippen LogP contribution in [-0.2, 0) is 4.74 Å². The highest BCUT2D eigenvalue weighted by atomic mass is 16.6. The van der Waals surface area contributed by atoms with Crippen LogP contribution in [0.3, 0.4) is 0 Å². The molecule has 1 N–H and O–H groups in total. The molecule has 0 bridgehead atoms. The van der Waals surface area contributed by atoms with E-state index in [-0.39, 0.29) is 11.8 Å². The van der Waals surface area contributed by atoms with Crippen molar-refractivity contribution in [3.63, 3.8) is 0 Å². The monoisotopic (exact) mass is 385 g/mol. The molecule has 1 fully saturated rings. The van der Waals surface area contributed by atoms with Crippen LogP contribution in [-0.4, -0.2) is 41.9 Å². The molecule has 6 nitrogen and oxygen atoms in total. The lowest BCUT2D eigenvalue weighted by atomic mass is 9.94. The number of carbonyl (C=O) groups excluding carboxylic acids is 1. The highest BCUT2D eigenvalue weighted by molar-refractivity contribution is 5.90. The van der Waals surface area contributed by atoms with Crippen LogP contribution in [0.1, 0.15) is 45.6 Å². The van der Waals surface area contributed by atoms with Gasteiger partial charge in [0, 0.05) is 19.5 Å². The number of hydrogen-bond acceptors (Lipinski definition) is 5. The molecule has 0 aliphatic carbocycles. The summed E-state index contributed by atoms with van der Waals surface area (Å²) in [5, 5.41) is 10.5. The third kappa shape index (κ3) is 4.53. The molecule has 1 aliphatic rings. The Hall–Kier alpha value is -2.81. The molecule has 0 atom stereocenters. The molecule has 0 unspecified atom stereocenters. The summed E-state index contributed by atoms with van der Waals surface area (Å²) in [4.78, 5) is 13.9. The number of piperidine rings is 1. The van der Waals surface area contributed by atoms with Gasteiger partial charge in [0.25, 0.3) is 0 Å². The Morgan fingerprint density at radius 2 is 2.04 bits per heavy atom. The first-order valence-corrected chi connectivity index (χ1v) is 9.52. The number of benzene rings is 1. The maximum Gasteiger partial charge on any atom is 0.410 e. The van der Waals surface area contributed by atoms with Gasteiger partial charge in [-0.05, 0) is 51.7 Å². The maximum absolute atomic E-state index is 12.1. The van der Waals surface area contributed by atoms with Crippen molar-refractivity contribution in [2.45, 2.75) is 45.6 Å². The third-order valence-corrected chi connectivity index (χ3v) is 4.77. The molecule has 1 aliphatic heterocycles. The van der Waals surface area contributed by atoms with Crippen LogP contribution in [0, 0.1) is 17.8 Å². The van der Waals surface area contributed by atoms with Crippen LogP contribution in [0.5, 0.6) is 11.5 Å². The Bertz CT molecular complexity index is 905. The number of fused-ring (bicyclic) bond motifs is 1. The topological polar surface area (TPSA) is 72.1 Å². The van der Waals surface area contributed by atoms with Crippen molar-refractivity contribution in [1.82, 2.24) is 4.90 Å². The normalized spacial score (nSPS) is 15.2. The van der Waals surface area contributed by atoms with E-state index < -0.39 is 5.60 Å². The minimum Gasteiger partial charge on any atom is -0.504 e. The fraction of sp³-hybridized carbons (Fsp3) is 0.500. The van der Waals surface area contributed by atoms with Crippen LogP contribution in [0.2, 0.25) is 0 Å². The van der Waals surface area contributed by atoms with Crippen molar-refractivity contribution in [3.8, 4) is 23.3 Å². The fourth-order valence-electron chi connectivity index (χ4n) is 3.29. The van der Waals surface area contributed by atoms with E-state index >= 15 is 0 Å². The van der Waals surface area contributed by atoms with Crippen molar-refractivity contribution >= 4 is 17.1 Å². The van der Waals surface area contributed by atoms with Gasteiger partial charge >= 0.3 is 6.09 Å². The molecule has 2 aromatic rings. The molecule has 0 radical (unpaired) electrons. The zero-order valence-corrected chi connectivity index (χ0v) is 16.9. The molecule has 6 heteroatoms. The number of methoxy groups -OCH3 is 1. The van der Waals surface area contributed by atoms with Crippen molar-refractivity contribution in [3.05, 3.63) is 24.0 Å². The quantitative estimate of drug-likeness (QED) is 0.769. The first-order chi connectivity index (χ1) is 13.3. The summed E-state index contributed by atoms with van der Waals surface area (Å²) >= 11 is 0. The molecule has 1 aromatic carbocycles. The molecular weight excluding hydrogens is 358 g/mol. The molecule has 2 heterocycles. The summed E-state index contributed by atoms with van der Waals surface area (Å²) < 4.78 is 16.3. The van der Waals surface area contributed by atoms with Crippen molar-refractivity contribution in [2.75, 3.05) is 20.2 Å². The van der Waals surface area contributed by atoms with E-state index in [1.54, 1.807) is 24.1 Å². The van der Waals surface area contributed by atoms with E-state index in [2.05, 4.69) is 11.8 Å². The van der Waals surface area contributed by atoms with E-state index in [9.17, 15) is 9.90 Å². The van der Waals surface area contributed by atoms with Gasteiger partial charge in [-0.15, -0.1) is 0 Å². The van der Waals surface area contributed by atoms with Crippen LogP contribution in [0.25, 0.3) is 11.0 Å². The smallest absolute Gasteiger partial charge is 0.410 e. The average molecular weight is 385 g/mol. The SMILES string of the molecule is COc1ccc2c(O)coc2c1C#CCC1CCN(C(=O)OC(C)(C)C)CC1. The first-order valence-electron chi connectivity index (χ1n) is 9.52. The van der Waals surface area contributed by atoms with Crippen molar-refractivity contribution in [1.29, 1.82) is 0 Å². The summed E-state index contributed by atoms with van der Waals surface area (Å²) in [6.45, 7) is 7.00. The molecule has 0 saturated carbocycles. The van der Waals surface area contributed by atoms with E-state index in [1.165, 1.54) is 6.26 Å². The summed E-state index contributed by atoms with van der Waals surface area (Å²) in [5.41, 5.74) is 0.704. The molecule has 28 heavy (non-hydrogen) atoms. The van der Waals surface area contributed by atoms with E-state index in [0.717, 1.165) is 19.3 Å². The molecule has 1 aromatic heterocycles. The summed E-state index contributed by atoms with van der Waals surface area (Å²) in [6, 6.07) is 3.53. The predicted octanol–water partition coefficient (Wildman–Crippen LogP) is 4.54. The lowest BCUT2D eigenvalue weighted by Crippen LogP contribution is -2.41. The van der Waals surface area contributed by atoms with Crippen LogP contribution < -0.4 is 4.74 Å². The maximum atomic E-state index is 12.1. The molecular formula is C22H27NO5. The second-order valence-corrected chi connectivity index (χ2v) is 8.06. The molecule has 150 valence electrons. The lowest BCUT2D eigenvalue weighted by molar-refractivity contribution is 0.0185. The third-order valence-electron chi connectivity index (χ3n) is 4.77. The number of ether oxygens (including phenoxy) is 2. The Labute approximate surface area is 165 Å². The summed E-state index contributed by atoms with van der Waals surface area (Å²) in [7, 11) is 1.58. The van der Waals surface area contributed by atoms with Gasteiger partial charge in [-0.2, -0.15) is 0 Å². The molecule has 1 saturated heterocycles. The molecule has 3 rings (SSSR count). The highest BCUT2D eigenvalue weighted by Gasteiger charge is 2.26. The zero-order valence-electron chi connectivity index (χ0n) is 16.9.